The van der Waals surface area contributed by atoms with E-state index in [2.05, 4.69) is 10.6 Å². The first-order chi connectivity index (χ1) is 8.19. The lowest BCUT2D eigenvalue weighted by Crippen LogP contribution is -2.47. The number of amides is 1. The Balaban J connectivity index is 2.72. The van der Waals surface area contributed by atoms with Crippen LogP contribution in [0.15, 0.2) is 18.2 Å². The van der Waals surface area contributed by atoms with E-state index in [1.165, 1.54) is 0 Å². The maximum atomic E-state index is 11.9. The van der Waals surface area contributed by atoms with Gasteiger partial charge in [0, 0.05) is 10.6 Å². The number of nitrogens with one attached hydrogen (secondary N) is 2. The van der Waals surface area contributed by atoms with Crippen molar-refractivity contribution >= 4 is 28.9 Å². The average molecular weight is 270 g/mol. The predicted molar refractivity (Wildman–Crippen MR) is 76.8 cm³/mol. The molecule has 18 heavy (non-hydrogen) atoms. The van der Waals surface area contributed by atoms with Gasteiger partial charge in [-0.1, -0.05) is 11.6 Å². The lowest BCUT2D eigenvalue weighted by Gasteiger charge is -2.24. The van der Waals surface area contributed by atoms with Crippen molar-refractivity contribution in [1.29, 1.82) is 0 Å². The first kappa shape index (κ1) is 14.6. The third kappa shape index (κ3) is 4.45. The van der Waals surface area contributed by atoms with Crippen molar-refractivity contribution in [2.24, 2.45) is 0 Å². The van der Waals surface area contributed by atoms with Crippen LogP contribution in [0.25, 0.3) is 0 Å². The van der Waals surface area contributed by atoms with E-state index in [0.717, 1.165) is 0 Å². The van der Waals surface area contributed by atoms with Gasteiger partial charge in [0.05, 0.1) is 11.4 Å². The van der Waals surface area contributed by atoms with E-state index in [4.69, 9.17) is 17.3 Å². The van der Waals surface area contributed by atoms with Gasteiger partial charge in [-0.3, -0.25) is 4.79 Å². The van der Waals surface area contributed by atoms with E-state index in [0.29, 0.717) is 16.4 Å². The molecular weight excluding hydrogens is 250 g/mol. The fourth-order valence-corrected chi connectivity index (χ4v) is 1.60. The molecular formula is C13H20ClN3O. The van der Waals surface area contributed by atoms with Gasteiger partial charge in [-0.2, -0.15) is 0 Å². The highest BCUT2D eigenvalue weighted by molar-refractivity contribution is 6.31. The fourth-order valence-electron chi connectivity index (χ4n) is 1.43. The van der Waals surface area contributed by atoms with E-state index in [1.807, 2.05) is 20.8 Å². The van der Waals surface area contributed by atoms with E-state index in [1.54, 1.807) is 25.1 Å². The van der Waals surface area contributed by atoms with Crippen molar-refractivity contribution < 1.29 is 4.79 Å². The van der Waals surface area contributed by atoms with Crippen LogP contribution in [-0.4, -0.2) is 17.5 Å². The Morgan fingerprint density at radius 1 is 1.39 bits per heavy atom. The Morgan fingerprint density at radius 3 is 2.56 bits per heavy atom. The first-order valence-corrected chi connectivity index (χ1v) is 6.20. The van der Waals surface area contributed by atoms with Gasteiger partial charge in [0.25, 0.3) is 0 Å². The number of hydrogen-bond acceptors (Lipinski definition) is 3. The first-order valence-electron chi connectivity index (χ1n) is 5.82. The number of benzene rings is 1. The van der Waals surface area contributed by atoms with Gasteiger partial charge in [0.15, 0.2) is 0 Å². The smallest absolute Gasteiger partial charge is 0.242 e. The van der Waals surface area contributed by atoms with Gasteiger partial charge in [0.1, 0.15) is 6.04 Å². The van der Waals surface area contributed by atoms with Crippen LogP contribution in [-0.2, 0) is 4.79 Å². The highest BCUT2D eigenvalue weighted by atomic mass is 35.5. The number of halogens is 1. The molecule has 0 radical (unpaired) electrons. The standard InChI is InChI=1S/C13H20ClN3O/c1-8(12(18)17-13(2,3)4)16-11-7-9(14)5-6-10(11)15/h5-8,16H,15H2,1-4H3,(H,17,18). The Bertz CT molecular complexity index is 440. The Kier molecular flexibility index (Phi) is 4.46. The van der Waals surface area contributed by atoms with Crippen LogP contribution in [0.2, 0.25) is 5.02 Å². The highest BCUT2D eigenvalue weighted by Gasteiger charge is 2.19. The summed E-state index contributed by atoms with van der Waals surface area (Å²) >= 11 is 5.89. The zero-order chi connectivity index (χ0) is 13.9. The van der Waals surface area contributed by atoms with Crippen LogP contribution in [0.4, 0.5) is 11.4 Å². The summed E-state index contributed by atoms with van der Waals surface area (Å²) < 4.78 is 0. The second kappa shape index (κ2) is 5.48. The molecule has 5 heteroatoms. The van der Waals surface area contributed by atoms with Gasteiger partial charge in [-0.05, 0) is 45.9 Å². The minimum Gasteiger partial charge on any atom is -0.397 e. The van der Waals surface area contributed by atoms with Gasteiger partial charge in [-0.25, -0.2) is 0 Å². The van der Waals surface area contributed by atoms with Crippen molar-refractivity contribution in [3.8, 4) is 0 Å². The molecule has 0 bridgehead atoms. The molecule has 1 aromatic carbocycles. The molecule has 4 N–H and O–H groups in total. The lowest BCUT2D eigenvalue weighted by molar-refractivity contribution is -0.122. The van der Waals surface area contributed by atoms with Crippen LogP contribution in [0, 0.1) is 0 Å². The van der Waals surface area contributed by atoms with Gasteiger partial charge in [-0.15, -0.1) is 0 Å². The molecule has 1 amide bonds. The Morgan fingerprint density at radius 2 is 2.00 bits per heavy atom. The van der Waals surface area contributed by atoms with Crippen molar-refractivity contribution in [3.05, 3.63) is 23.2 Å². The fraction of sp³-hybridized carbons (Fsp3) is 0.462. The molecule has 0 aromatic heterocycles. The van der Waals surface area contributed by atoms with Crippen molar-refractivity contribution in [2.45, 2.75) is 39.3 Å². The van der Waals surface area contributed by atoms with Crippen LogP contribution in [0.3, 0.4) is 0 Å². The third-order valence-corrected chi connectivity index (χ3v) is 2.51. The number of rotatable bonds is 3. The number of anilines is 2. The molecule has 0 aliphatic carbocycles. The van der Waals surface area contributed by atoms with E-state index in [9.17, 15) is 4.79 Å². The molecule has 1 aromatic rings. The van der Waals surface area contributed by atoms with Crippen LogP contribution < -0.4 is 16.4 Å². The zero-order valence-corrected chi connectivity index (χ0v) is 11.9. The quantitative estimate of drug-likeness (QED) is 0.739. The molecule has 0 spiro atoms. The normalized spacial score (nSPS) is 12.9. The number of carbonyl (C=O) groups excluding carboxylic acids is 1. The minimum absolute atomic E-state index is 0.0816. The number of carbonyl (C=O) groups is 1. The maximum Gasteiger partial charge on any atom is 0.242 e. The van der Waals surface area contributed by atoms with Crippen LogP contribution in [0.5, 0.6) is 0 Å². The SMILES string of the molecule is CC(Nc1cc(Cl)ccc1N)C(=O)NC(C)(C)C. The van der Waals surface area contributed by atoms with Crippen molar-refractivity contribution in [2.75, 3.05) is 11.1 Å². The largest absolute Gasteiger partial charge is 0.397 e. The summed E-state index contributed by atoms with van der Waals surface area (Å²) in [4.78, 5) is 11.9. The number of nitrogen functional groups attached to an aromatic ring is 1. The molecule has 0 aliphatic heterocycles. The molecule has 0 saturated heterocycles. The van der Waals surface area contributed by atoms with E-state index >= 15 is 0 Å². The number of nitrogens with two attached hydrogens (primary N) is 1. The molecule has 0 saturated carbocycles. The average Bonchev–Trinajstić information content (AvgIpc) is 2.21. The second-order valence-corrected chi connectivity index (χ2v) is 5.77. The summed E-state index contributed by atoms with van der Waals surface area (Å²) in [6.45, 7) is 7.59. The summed E-state index contributed by atoms with van der Waals surface area (Å²) in [6.07, 6.45) is 0. The Hall–Kier alpha value is -1.42. The van der Waals surface area contributed by atoms with E-state index < -0.39 is 0 Å². The highest BCUT2D eigenvalue weighted by Crippen LogP contribution is 2.23. The topological polar surface area (TPSA) is 67.1 Å². The predicted octanol–water partition coefficient (Wildman–Crippen LogP) is 2.64. The summed E-state index contributed by atoms with van der Waals surface area (Å²) in [5.41, 5.74) is 6.79. The summed E-state index contributed by atoms with van der Waals surface area (Å²) in [6, 6.07) is 4.74. The molecule has 0 fully saturated rings. The summed E-state index contributed by atoms with van der Waals surface area (Å²) in [7, 11) is 0. The minimum atomic E-state index is -0.384. The third-order valence-electron chi connectivity index (χ3n) is 2.28. The van der Waals surface area contributed by atoms with E-state index in [-0.39, 0.29) is 17.5 Å². The van der Waals surface area contributed by atoms with Crippen LogP contribution >= 0.6 is 11.6 Å². The van der Waals surface area contributed by atoms with Crippen molar-refractivity contribution in [1.82, 2.24) is 5.32 Å². The zero-order valence-electron chi connectivity index (χ0n) is 11.2. The Labute approximate surface area is 113 Å². The van der Waals surface area contributed by atoms with Gasteiger partial charge >= 0.3 is 0 Å². The number of hydrogen-bond donors (Lipinski definition) is 3. The lowest BCUT2D eigenvalue weighted by atomic mass is 10.1. The summed E-state index contributed by atoms with van der Waals surface area (Å²) in [5.74, 6) is -0.0816. The molecule has 0 aliphatic rings. The van der Waals surface area contributed by atoms with Gasteiger partial charge in [0.2, 0.25) is 5.91 Å². The van der Waals surface area contributed by atoms with Gasteiger partial charge < -0.3 is 16.4 Å². The molecule has 100 valence electrons. The molecule has 1 unspecified atom stereocenters. The summed E-state index contributed by atoms with van der Waals surface area (Å²) in [5, 5.41) is 6.53. The maximum absolute atomic E-state index is 11.9. The molecule has 1 atom stereocenters. The van der Waals surface area contributed by atoms with Crippen molar-refractivity contribution in [3.63, 3.8) is 0 Å². The molecule has 4 nitrogen and oxygen atoms in total. The second-order valence-electron chi connectivity index (χ2n) is 5.34. The molecule has 1 rings (SSSR count). The van der Waals surface area contributed by atoms with Crippen LogP contribution in [0.1, 0.15) is 27.7 Å². The monoisotopic (exact) mass is 269 g/mol. The molecule has 0 heterocycles.